The Labute approximate surface area is 111 Å². The summed E-state index contributed by atoms with van der Waals surface area (Å²) in [6, 6.07) is 0.121. The van der Waals surface area contributed by atoms with Crippen molar-refractivity contribution in [2.24, 2.45) is 5.73 Å². The second kappa shape index (κ2) is 5.49. The van der Waals surface area contributed by atoms with Crippen LogP contribution >= 0.6 is 0 Å². The van der Waals surface area contributed by atoms with E-state index in [1.165, 1.54) is 0 Å². The minimum Gasteiger partial charge on any atom is -0.377 e. The molecule has 3 atom stereocenters. The maximum absolute atomic E-state index is 13.0. The molecular formula is C11H16FN3O3S. The first-order valence-corrected chi connectivity index (χ1v) is 7.42. The molecule has 1 aliphatic carbocycles. The molecule has 1 aliphatic rings. The van der Waals surface area contributed by atoms with Gasteiger partial charge in [-0.05, 0) is 19.4 Å². The van der Waals surface area contributed by atoms with Crippen LogP contribution in [0.4, 0.5) is 4.39 Å². The Bertz CT molecular complexity index is 550. The summed E-state index contributed by atoms with van der Waals surface area (Å²) in [7, 11) is -3.84. The molecule has 3 unspecified atom stereocenters. The molecule has 1 aromatic heterocycles. The lowest BCUT2D eigenvalue weighted by Gasteiger charge is -2.42. The van der Waals surface area contributed by atoms with Crippen LogP contribution in [0.5, 0.6) is 0 Å². The van der Waals surface area contributed by atoms with Crippen LogP contribution in [0.25, 0.3) is 0 Å². The molecule has 2 rings (SSSR count). The largest absolute Gasteiger partial charge is 0.377 e. The van der Waals surface area contributed by atoms with Crippen molar-refractivity contribution in [3.05, 3.63) is 24.3 Å². The van der Waals surface area contributed by atoms with Crippen LogP contribution in [0.1, 0.15) is 13.3 Å². The number of hydrogen-bond acceptors (Lipinski definition) is 5. The van der Waals surface area contributed by atoms with Gasteiger partial charge in [0, 0.05) is 18.8 Å². The summed E-state index contributed by atoms with van der Waals surface area (Å²) >= 11 is 0. The van der Waals surface area contributed by atoms with Crippen molar-refractivity contribution < 1.29 is 17.5 Å². The highest BCUT2D eigenvalue weighted by atomic mass is 32.2. The van der Waals surface area contributed by atoms with E-state index >= 15 is 0 Å². The van der Waals surface area contributed by atoms with E-state index < -0.39 is 21.9 Å². The zero-order valence-electron chi connectivity index (χ0n) is 10.4. The number of aromatic nitrogens is 1. The second-order valence-electron chi connectivity index (χ2n) is 4.38. The quantitative estimate of drug-likeness (QED) is 0.796. The molecule has 3 N–H and O–H groups in total. The van der Waals surface area contributed by atoms with Crippen LogP contribution < -0.4 is 10.5 Å². The lowest BCUT2D eigenvalue weighted by atomic mass is 9.84. The molecule has 0 aliphatic heterocycles. The summed E-state index contributed by atoms with van der Waals surface area (Å²) in [5, 5.41) is 0. The lowest BCUT2D eigenvalue weighted by molar-refractivity contribution is -0.0248. The maximum Gasteiger partial charge on any atom is 0.242 e. The standard InChI is InChI=1S/C11H16FN3O3S/c1-2-18-10-4-9(13)11(10)15-19(16,17)8-3-7(12)5-14-6-8/h3,5-6,9-11,15H,2,4,13H2,1H3. The minimum absolute atomic E-state index is 0.221. The Balaban J connectivity index is 2.13. The van der Waals surface area contributed by atoms with Crippen molar-refractivity contribution >= 4 is 10.0 Å². The highest BCUT2D eigenvalue weighted by Gasteiger charge is 2.42. The third-order valence-electron chi connectivity index (χ3n) is 3.03. The fraction of sp³-hybridized carbons (Fsp3) is 0.545. The summed E-state index contributed by atoms with van der Waals surface area (Å²) in [5.74, 6) is -0.706. The van der Waals surface area contributed by atoms with Crippen LogP contribution in [0.2, 0.25) is 0 Å². The Morgan fingerprint density at radius 2 is 2.32 bits per heavy atom. The number of nitrogens with zero attached hydrogens (tertiary/aromatic N) is 1. The van der Waals surface area contributed by atoms with Crippen molar-refractivity contribution in [2.45, 2.75) is 36.4 Å². The Morgan fingerprint density at radius 1 is 1.58 bits per heavy atom. The number of sulfonamides is 1. The Morgan fingerprint density at radius 3 is 2.89 bits per heavy atom. The van der Waals surface area contributed by atoms with Gasteiger partial charge in [-0.25, -0.2) is 17.5 Å². The first kappa shape index (κ1) is 14.3. The monoisotopic (exact) mass is 289 g/mol. The molecule has 0 spiro atoms. The number of hydrogen-bond donors (Lipinski definition) is 2. The summed E-state index contributed by atoms with van der Waals surface area (Å²) in [6.07, 6.45) is 2.39. The number of halogens is 1. The lowest BCUT2D eigenvalue weighted by Crippen LogP contribution is -2.64. The number of nitrogens with one attached hydrogen (secondary N) is 1. The van der Waals surface area contributed by atoms with Crippen molar-refractivity contribution in [3.63, 3.8) is 0 Å². The number of ether oxygens (including phenoxy) is 1. The van der Waals surface area contributed by atoms with Gasteiger partial charge >= 0.3 is 0 Å². The van der Waals surface area contributed by atoms with Crippen LogP contribution in [-0.4, -0.2) is 38.2 Å². The number of rotatable bonds is 5. The third-order valence-corrected chi connectivity index (χ3v) is 4.45. The predicted octanol–water partition coefficient (Wildman–Crippen LogP) is 0.00370. The maximum atomic E-state index is 13.0. The topological polar surface area (TPSA) is 94.3 Å². The average Bonchev–Trinajstić information content (AvgIpc) is 2.36. The zero-order valence-corrected chi connectivity index (χ0v) is 11.2. The van der Waals surface area contributed by atoms with Gasteiger partial charge in [-0.2, -0.15) is 0 Å². The van der Waals surface area contributed by atoms with Crippen LogP contribution in [0.15, 0.2) is 23.4 Å². The summed E-state index contributed by atoms with van der Waals surface area (Å²) < 4.78 is 44.9. The van der Waals surface area contributed by atoms with Gasteiger partial charge in [-0.15, -0.1) is 0 Å². The van der Waals surface area contributed by atoms with Gasteiger partial charge in [-0.3, -0.25) is 4.98 Å². The second-order valence-corrected chi connectivity index (χ2v) is 6.09. The molecule has 0 amide bonds. The molecule has 1 fully saturated rings. The SMILES string of the molecule is CCOC1CC(N)C1NS(=O)(=O)c1cncc(F)c1. The summed E-state index contributed by atoms with van der Waals surface area (Å²) in [6.45, 7) is 2.31. The van der Waals surface area contributed by atoms with E-state index in [0.29, 0.717) is 13.0 Å². The number of nitrogens with two attached hydrogens (primary N) is 1. The van der Waals surface area contributed by atoms with Crippen LogP contribution in [0.3, 0.4) is 0 Å². The molecule has 106 valence electrons. The summed E-state index contributed by atoms with van der Waals surface area (Å²) in [4.78, 5) is 3.30. The number of pyridine rings is 1. The molecule has 0 saturated heterocycles. The van der Waals surface area contributed by atoms with E-state index in [9.17, 15) is 12.8 Å². The van der Waals surface area contributed by atoms with Gasteiger partial charge in [-0.1, -0.05) is 0 Å². The van der Waals surface area contributed by atoms with Gasteiger partial charge in [0.1, 0.15) is 10.7 Å². The Kier molecular flexibility index (Phi) is 4.14. The van der Waals surface area contributed by atoms with E-state index in [2.05, 4.69) is 9.71 Å². The van der Waals surface area contributed by atoms with E-state index in [4.69, 9.17) is 10.5 Å². The van der Waals surface area contributed by atoms with Crippen LogP contribution in [-0.2, 0) is 14.8 Å². The predicted molar refractivity (Wildman–Crippen MR) is 66.3 cm³/mol. The molecule has 19 heavy (non-hydrogen) atoms. The third kappa shape index (κ3) is 3.08. The minimum atomic E-state index is -3.84. The van der Waals surface area contributed by atoms with Crippen molar-refractivity contribution in [1.29, 1.82) is 0 Å². The normalized spacial score (nSPS) is 27.0. The average molecular weight is 289 g/mol. The van der Waals surface area contributed by atoms with Crippen molar-refractivity contribution in [3.8, 4) is 0 Å². The molecule has 6 nitrogen and oxygen atoms in total. The van der Waals surface area contributed by atoms with E-state index in [1.807, 2.05) is 6.92 Å². The van der Waals surface area contributed by atoms with Crippen molar-refractivity contribution in [1.82, 2.24) is 9.71 Å². The highest BCUT2D eigenvalue weighted by Crippen LogP contribution is 2.24. The van der Waals surface area contributed by atoms with Gasteiger partial charge in [0.05, 0.1) is 18.3 Å². The molecule has 0 bridgehead atoms. The molecule has 8 heteroatoms. The molecule has 1 saturated carbocycles. The zero-order chi connectivity index (χ0) is 14.0. The fourth-order valence-electron chi connectivity index (χ4n) is 1.98. The molecular weight excluding hydrogens is 273 g/mol. The first-order valence-electron chi connectivity index (χ1n) is 5.94. The van der Waals surface area contributed by atoms with Gasteiger partial charge in [0.2, 0.25) is 10.0 Å². The molecule has 0 aromatic carbocycles. The smallest absolute Gasteiger partial charge is 0.242 e. The van der Waals surface area contributed by atoms with Gasteiger partial charge < -0.3 is 10.5 Å². The van der Waals surface area contributed by atoms with Crippen LogP contribution in [0, 0.1) is 5.82 Å². The summed E-state index contributed by atoms with van der Waals surface area (Å²) in [5.41, 5.74) is 5.76. The van der Waals surface area contributed by atoms with E-state index in [-0.39, 0.29) is 17.0 Å². The Hall–Kier alpha value is -1.09. The fourth-order valence-corrected chi connectivity index (χ4v) is 3.27. The van der Waals surface area contributed by atoms with Gasteiger partial charge in [0.25, 0.3) is 0 Å². The van der Waals surface area contributed by atoms with E-state index in [0.717, 1.165) is 18.5 Å². The first-order chi connectivity index (χ1) is 8.94. The highest BCUT2D eigenvalue weighted by molar-refractivity contribution is 7.89. The molecule has 0 radical (unpaired) electrons. The molecule has 1 aromatic rings. The van der Waals surface area contributed by atoms with Gasteiger partial charge in [0.15, 0.2) is 0 Å². The molecule has 1 heterocycles. The van der Waals surface area contributed by atoms with E-state index in [1.54, 1.807) is 0 Å². The van der Waals surface area contributed by atoms with Crippen molar-refractivity contribution in [2.75, 3.05) is 6.61 Å².